The third-order valence-electron chi connectivity index (χ3n) is 13.3. The first-order valence-corrected chi connectivity index (χ1v) is 16.0. The molecular formula is C32H50O2. The molecule has 34 heavy (non-hydrogen) atoms. The van der Waals surface area contributed by atoms with Crippen molar-refractivity contribution in [1.82, 2.24) is 0 Å². The molecule has 0 bridgehead atoms. The smallest absolute Gasteiger partial charge is 0.309 e. The Morgan fingerprint density at radius 3 is 1.12 bits per heavy atom. The molecule has 0 saturated heterocycles. The molecule has 2 heteroatoms. The summed E-state index contributed by atoms with van der Waals surface area (Å²) in [5.41, 5.74) is 0. The summed E-state index contributed by atoms with van der Waals surface area (Å²) in [7, 11) is 0. The number of carbonyl (C=O) groups excluding carboxylic acids is 1. The third kappa shape index (κ3) is 3.27. The van der Waals surface area contributed by atoms with Crippen molar-refractivity contribution in [2.75, 3.05) is 6.61 Å². The molecule has 190 valence electrons. The van der Waals surface area contributed by atoms with Crippen molar-refractivity contribution >= 4 is 5.97 Å². The number of rotatable bonds is 2. The SMILES string of the molecule is CCOC(=O)C1C2C3CCCCC3C3CCCCC3C2C2C3CCCCC3C3CCCCC3C12. The van der Waals surface area contributed by atoms with E-state index in [0.29, 0.717) is 18.4 Å². The third-order valence-corrected chi connectivity index (χ3v) is 13.3. The molecule has 7 rings (SSSR count). The van der Waals surface area contributed by atoms with Crippen molar-refractivity contribution in [3.05, 3.63) is 0 Å². The van der Waals surface area contributed by atoms with Crippen LogP contribution in [-0.2, 0) is 9.53 Å². The van der Waals surface area contributed by atoms with E-state index in [9.17, 15) is 4.79 Å². The molecule has 0 heterocycles. The standard InChI is InChI=1S/C32H50O2/c1-2-34-32(33)31-29-25-17-9-5-13-21(25)19-11-3-7-15-23(19)27(29)28-24-16-8-4-12-20(24)22-14-6-10-18-26(22)30(28)31/h19-31H,2-18H2,1H3. The van der Waals surface area contributed by atoms with Crippen LogP contribution >= 0.6 is 0 Å². The first-order valence-electron chi connectivity index (χ1n) is 16.0. The van der Waals surface area contributed by atoms with E-state index in [0.717, 1.165) is 59.2 Å². The van der Waals surface area contributed by atoms with E-state index in [1.54, 1.807) is 0 Å². The normalized spacial score (nSPS) is 53.9. The van der Waals surface area contributed by atoms with Gasteiger partial charge in [0.1, 0.15) is 0 Å². The zero-order valence-corrected chi connectivity index (χ0v) is 21.8. The molecule has 0 N–H and O–H groups in total. The lowest BCUT2D eigenvalue weighted by Gasteiger charge is -2.59. The number of esters is 1. The summed E-state index contributed by atoms with van der Waals surface area (Å²) in [5.74, 6) is 11.0. The van der Waals surface area contributed by atoms with Crippen LogP contribution in [0.3, 0.4) is 0 Å². The quantitative estimate of drug-likeness (QED) is 0.387. The molecule has 7 aliphatic carbocycles. The van der Waals surface area contributed by atoms with E-state index in [2.05, 4.69) is 0 Å². The van der Waals surface area contributed by atoms with Gasteiger partial charge in [-0.25, -0.2) is 0 Å². The lowest BCUT2D eigenvalue weighted by molar-refractivity contribution is -0.157. The fraction of sp³-hybridized carbons (Fsp3) is 0.969. The minimum atomic E-state index is 0.247. The predicted octanol–water partition coefficient (Wildman–Crippen LogP) is 7.90. The number of ether oxygens (including phenoxy) is 1. The van der Waals surface area contributed by atoms with E-state index >= 15 is 0 Å². The molecule has 0 aliphatic heterocycles. The summed E-state index contributed by atoms with van der Waals surface area (Å²) in [4.78, 5) is 14.0. The van der Waals surface area contributed by atoms with Crippen molar-refractivity contribution in [3.8, 4) is 0 Å². The summed E-state index contributed by atoms with van der Waals surface area (Å²) < 4.78 is 6.02. The Kier molecular flexibility index (Phi) is 6.06. The van der Waals surface area contributed by atoms with Gasteiger partial charge in [-0.05, 0) is 129 Å². The predicted molar refractivity (Wildman–Crippen MR) is 136 cm³/mol. The van der Waals surface area contributed by atoms with Crippen LogP contribution in [-0.4, -0.2) is 12.6 Å². The van der Waals surface area contributed by atoms with Gasteiger partial charge in [0, 0.05) is 0 Å². The van der Waals surface area contributed by atoms with Crippen LogP contribution in [0.1, 0.15) is 110 Å². The summed E-state index contributed by atoms with van der Waals surface area (Å²) >= 11 is 0. The maximum atomic E-state index is 14.0. The number of fused-ring (bicyclic) bond motifs is 13. The Hall–Kier alpha value is -0.530. The molecule has 0 aromatic rings. The second-order valence-corrected chi connectivity index (χ2v) is 14.0. The van der Waals surface area contributed by atoms with Crippen LogP contribution in [0.4, 0.5) is 0 Å². The Morgan fingerprint density at radius 2 is 0.794 bits per heavy atom. The lowest BCUT2D eigenvalue weighted by atomic mass is 9.46. The van der Waals surface area contributed by atoms with E-state index in [1.807, 2.05) is 6.92 Å². The molecule has 7 aliphatic rings. The average molecular weight is 467 g/mol. The molecule has 0 amide bonds. The van der Waals surface area contributed by atoms with Gasteiger partial charge in [0.25, 0.3) is 0 Å². The highest BCUT2D eigenvalue weighted by Gasteiger charge is 2.69. The van der Waals surface area contributed by atoms with Crippen molar-refractivity contribution in [2.45, 2.75) is 110 Å². The monoisotopic (exact) mass is 466 g/mol. The summed E-state index contributed by atoms with van der Waals surface area (Å²) in [5, 5.41) is 0. The Bertz CT molecular complexity index is 706. The molecule has 0 spiro atoms. The van der Waals surface area contributed by atoms with Crippen LogP contribution in [0.25, 0.3) is 0 Å². The fourth-order valence-corrected chi connectivity index (χ4v) is 12.8. The molecule has 12 unspecified atom stereocenters. The molecule has 7 saturated carbocycles. The summed E-state index contributed by atoms with van der Waals surface area (Å²) in [6.45, 7) is 2.62. The Morgan fingerprint density at radius 1 is 0.500 bits per heavy atom. The lowest BCUT2D eigenvalue weighted by Crippen LogP contribution is -2.52. The molecular weight excluding hydrogens is 416 g/mol. The topological polar surface area (TPSA) is 26.3 Å². The molecule has 7 fully saturated rings. The second kappa shape index (κ2) is 9.09. The first-order chi connectivity index (χ1) is 16.8. The zero-order valence-electron chi connectivity index (χ0n) is 21.8. The highest BCUT2D eigenvalue weighted by molar-refractivity contribution is 5.74. The van der Waals surface area contributed by atoms with E-state index in [4.69, 9.17) is 4.74 Å². The van der Waals surface area contributed by atoms with Gasteiger partial charge in [0.15, 0.2) is 0 Å². The highest BCUT2D eigenvalue weighted by Crippen LogP contribution is 2.72. The van der Waals surface area contributed by atoms with Crippen molar-refractivity contribution in [2.24, 2.45) is 76.9 Å². The van der Waals surface area contributed by atoms with Gasteiger partial charge in [-0.3, -0.25) is 4.79 Å². The van der Waals surface area contributed by atoms with Crippen molar-refractivity contribution < 1.29 is 9.53 Å². The van der Waals surface area contributed by atoms with Crippen LogP contribution in [0.5, 0.6) is 0 Å². The van der Waals surface area contributed by atoms with E-state index in [-0.39, 0.29) is 11.9 Å². The van der Waals surface area contributed by atoms with Gasteiger partial charge in [0.2, 0.25) is 0 Å². The van der Waals surface area contributed by atoms with E-state index < -0.39 is 0 Å². The maximum absolute atomic E-state index is 14.0. The van der Waals surface area contributed by atoms with Gasteiger partial charge in [-0.15, -0.1) is 0 Å². The maximum Gasteiger partial charge on any atom is 0.309 e. The minimum Gasteiger partial charge on any atom is -0.466 e. The van der Waals surface area contributed by atoms with Crippen molar-refractivity contribution in [1.29, 1.82) is 0 Å². The fourth-order valence-electron chi connectivity index (χ4n) is 12.8. The number of carbonyl (C=O) groups is 1. The van der Waals surface area contributed by atoms with Crippen LogP contribution < -0.4 is 0 Å². The molecule has 12 atom stereocenters. The Labute approximate surface area is 208 Å². The van der Waals surface area contributed by atoms with Gasteiger partial charge in [0.05, 0.1) is 12.5 Å². The zero-order chi connectivity index (χ0) is 22.8. The van der Waals surface area contributed by atoms with Gasteiger partial charge in [-0.1, -0.05) is 51.4 Å². The van der Waals surface area contributed by atoms with Gasteiger partial charge < -0.3 is 4.74 Å². The van der Waals surface area contributed by atoms with Crippen molar-refractivity contribution in [3.63, 3.8) is 0 Å². The largest absolute Gasteiger partial charge is 0.466 e. The minimum absolute atomic E-state index is 0.247. The molecule has 0 aromatic heterocycles. The second-order valence-electron chi connectivity index (χ2n) is 14.0. The Balaban J connectivity index is 1.36. The van der Waals surface area contributed by atoms with Crippen LogP contribution in [0.15, 0.2) is 0 Å². The molecule has 2 nitrogen and oxygen atoms in total. The average Bonchev–Trinajstić information content (AvgIpc) is 3.26. The molecule has 0 aromatic carbocycles. The first kappa shape index (κ1) is 22.7. The molecule has 0 radical (unpaired) electrons. The number of hydrogen-bond donors (Lipinski definition) is 0. The van der Waals surface area contributed by atoms with Crippen LogP contribution in [0.2, 0.25) is 0 Å². The highest BCUT2D eigenvalue weighted by atomic mass is 16.5. The summed E-state index contributed by atoms with van der Waals surface area (Å²) in [6, 6.07) is 0. The summed E-state index contributed by atoms with van der Waals surface area (Å²) in [6.07, 6.45) is 23.4. The van der Waals surface area contributed by atoms with E-state index in [1.165, 1.54) is 103 Å². The van der Waals surface area contributed by atoms with Crippen LogP contribution in [0, 0.1) is 76.9 Å². The number of hydrogen-bond acceptors (Lipinski definition) is 2. The van der Waals surface area contributed by atoms with Gasteiger partial charge >= 0.3 is 5.97 Å². The van der Waals surface area contributed by atoms with Gasteiger partial charge in [-0.2, -0.15) is 0 Å².